The maximum Gasteiger partial charge on any atom is 0.240 e. The molecule has 0 aromatic carbocycles. The highest BCUT2D eigenvalue weighted by Gasteiger charge is 2.47. The molecule has 0 aromatic heterocycles. The molecule has 2 aliphatic carbocycles. The Morgan fingerprint density at radius 2 is 1.73 bits per heavy atom. The summed E-state index contributed by atoms with van der Waals surface area (Å²) in [5, 5.41) is 3.02. The van der Waals surface area contributed by atoms with Crippen LogP contribution in [0.5, 0.6) is 0 Å². The molecule has 1 saturated carbocycles. The monoisotopic (exact) mass is 304 g/mol. The summed E-state index contributed by atoms with van der Waals surface area (Å²) in [6.45, 7) is 2.03. The second-order valence-electron chi connectivity index (χ2n) is 6.85. The molecule has 5 heteroatoms. The van der Waals surface area contributed by atoms with E-state index in [2.05, 4.69) is 12.2 Å². The fourth-order valence-electron chi connectivity index (χ4n) is 3.95. The zero-order valence-corrected chi connectivity index (χ0v) is 13.1. The minimum absolute atomic E-state index is 0.117. The molecule has 0 radical (unpaired) electrons. The van der Waals surface area contributed by atoms with Crippen LogP contribution in [0.2, 0.25) is 0 Å². The third kappa shape index (κ3) is 2.81. The molecule has 120 valence electrons. The van der Waals surface area contributed by atoms with Gasteiger partial charge in [0.2, 0.25) is 17.7 Å². The fraction of sp³-hybridized carbons (Fsp3) is 0.706. The Balaban J connectivity index is 1.59. The molecule has 0 unspecified atom stereocenters. The molecule has 3 aliphatic rings. The molecule has 4 atom stereocenters. The Kier molecular flexibility index (Phi) is 4.32. The van der Waals surface area contributed by atoms with Crippen molar-refractivity contribution in [3.05, 3.63) is 12.2 Å². The van der Waals surface area contributed by atoms with E-state index < -0.39 is 0 Å². The zero-order valence-electron chi connectivity index (χ0n) is 13.1. The van der Waals surface area contributed by atoms with Crippen LogP contribution in [0.4, 0.5) is 0 Å². The number of hydrogen-bond donors (Lipinski definition) is 1. The van der Waals surface area contributed by atoms with Gasteiger partial charge in [0, 0.05) is 6.04 Å². The number of nitrogens with zero attached hydrogens (tertiary/aromatic N) is 1. The first-order valence-electron chi connectivity index (χ1n) is 8.37. The Morgan fingerprint density at radius 3 is 2.32 bits per heavy atom. The van der Waals surface area contributed by atoms with Crippen molar-refractivity contribution in [2.24, 2.45) is 17.8 Å². The summed E-state index contributed by atoms with van der Waals surface area (Å²) in [7, 11) is 0. The summed E-state index contributed by atoms with van der Waals surface area (Å²) in [5.74, 6) is -0.586. The number of carbonyl (C=O) groups excluding carboxylic acids is 3. The molecule has 3 amide bonds. The number of imide groups is 1. The molecule has 0 aromatic rings. The van der Waals surface area contributed by atoms with Gasteiger partial charge in [-0.2, -0.15) is 0 Å². The van der Waals surface area contributed by atoms with Gasteiger partial charge in [-0.15, -0.1) is 0 Å². The van der Waals surface area contributed by atoms with Gasteiger partial charge >= 0.3 is 0 Å². The van der Waals surface area contributed by atoms with Crippen molar-refractivity contribution in [3.8, 4) is 0 Å². The standard InChI is InChI=1S/C17H24N2O3/c1-11-6-2-5-9-14(11)18-15(20)10-19-16(21)12-7-3-4-8-13(12)17(19)22/h3-4,11-14H,2,5-10H2,1H3,(H,18,20)/t11-,12-,13+,14+/m0/s1. The minimum Gasteiger partial charge on any atom is -0.352 e. The van der Waals surface area contributed by atoms with E-state index in [0.29, 0.717) is 18.8 Å². The summed E-state index contributed by atoms with van der Waals surface area (Å²) < 4.78 is 0. The van der Waals surface area contributed by atoms with Crippen molar-refractivity contribution in [2.45, 2.75) is 51.5 Å². The molecular weight excluding hydrogens is 280 g/mol. The molecular formula is C17H24N2O3. The number of carbonyl (C=O) groups is 3. The van der Waals surface area contributed by atoms with Gasteiger partial charge in [0.25, 0.3) is 0 Å². The van der Waals surface area contributed by atoms with E-state index in [4.69, 9.17) is 0 Å². The van der Waals surface area contributed by atoms with Crippen molar-refractivity contribution < 1.29 is 14.4 Å². The SMILES string of the molecule is C[C@H]1CCCC[C@H]1NC(=O)CN1C(=O)[C@H]2CC=CC[C@H]2C1=O. The van der Waals surface area contributed by atoms with Crippen LogP contribution < -0.4 is 5.32 Å². The van der Waals surface area contributed by atoms with Crippen LogP contribution in [-0.4, -0.2) is 35.2 Å². The maximum atomic E-state index is 12.3. The van der Waals surface area contributed by atoms with Gasteiger partial charge in [0.1, 0.15) is 6.54 Å². The van der Waals surface area contributed by atoms with Gasteiger partial charge in [0.15, 0.2) is 0 Å². The third-order valence-electron chi connectivity index (χ3n) is 5.36. The van der Waals surface area contributed by atoms with Crippen molar-refractivity contribution in [1.29, 1.82) is 0 Å². The fourth-order valence-corrected chi connectivity index (χ4v) is 3.95. The molecule has 5 nitrogen and oxygen atoms in total. The summed E-state index contributed by atoms with van der Waals surface area (Å²) >= 11 is 0. The van der Waals surface area contributed by atoms with Crippen LogP contribution in [-0.2, 0) is 14.4 Å². The zero-order chi connectivity index (χ0) is 15.7. The van der Waals surface area contributed by atoms with Crippen LogP contribution in [0.3, 0.4) is 0 Å². The van der Waals surface area contributed by atoms with Gasteiger partial charge in [-0.1, -0.05) is 31.9 Å². The molecule has 22 heavy (non-hydrogen) atoms. The van der Waals surface area contributed by atoms with E-state index in [1.165, 1.54) is 11.3 Å². The van der Waals surface area contributed by atoms with E-state index in [-0.39, 0.29) is 42.1 Å². The first kappa shape index (κ1) is 15.3. The highest BCUT2D eigenvalue weighted by molar-refractivity contribution is 6.07. The lowest BCUT2D eigenvalue weighted by molar-refractivity contribution is -0.143. The number of hydrogen-bond acceptors (Lipinski definition) is 3. The lowest BCUT2D eigenvalue weighted by atomic mass is 9.85. The van der Waals surface area contributed by atoms with Crippen LogP contribution >= 0.6 is 0 Å². The second kappa shape index (κ2) is 6.23. The van der Waals surface area contributed by atoms with E-state index in [1.807, 2.05) is 12.2 Å². The van der Waals surface area contributed by atoms with E-state index >= 15 is 0 Å². The summed E-state index contributed by atoms with van der Waals surface area (Å²) in [6, 6.07) is 0.179. The number of likely N-dealkylation sites (tertiary alicyclic amines) is 1. The summed E-state index contributed by atoms with van der Waals surface area (Å²) in [6.07, 6.45) is 9.62. The van der Waals surface area contributed by atoms with Crippen LogP contribution in [0.1, 0.15) is 45.4 Å². The number of rotatable bonds is 3. The van der Waals surface area contributed by atoms with Gasteiger partial charge < -0.3 is 5.32 Å². The van der Waals surface area contributed by atoms with Crippen LogP contribution in [0.15, 0.2) is 12.2 Å². The summed E-state index contributed by atoms with van der Waals surface area (Å²) in [5.41, 5.74) is 0. The van der Waals surface area contributed by atoms with E-state index in [0.717, 1.165) is 19.3 Å². The first-order chi connectivity index (χ1) is 10.6. The Labute approximate surface area is 131 Å². The number of nitrogens with one attached hydrogen (secondary N) is 1. The van der Waals surface area contributed by atoms with Gasteiger partial charge in [-0.25, -0.2) is 0 Å². The van der Waals surface area contributed by atoms with Crippen molar-refractivity contribution in [3.63, 3.8) is 0 Å². The predicted octanol–water partition coefficient (Wildman–Crippen LogP) is 1.63. The Morgan fingerprint density at radius 1 is 1.14 bits per heavy atom. The van der Waals surface area contributed by atoms with Crippen LogP contribution in [0, 0.1) is 17.8 Å². The summed E-state index contributed by atoms with van der Waals surface area (Å²) in [4.78, 5) is 38.1. The predicted molar refractivity (Wildman–Crippen MR) is 81.6 cm³/mol. The highest BCUT2D eigenvalue weighted by atomic mass is 16.2. The van der Waals surface area contributed by atoms with E-state index in [1.54, 1.807) is 0 Å². The van der Waals surface area contributed by atoms with Gasteiger partial charge in [-0.3, -0.25) is 19.3 Å². The van der Waals surface area contributed by atoms with E-state index in [9.17, 15) is 14.4 Å². The molecule has 3 rings (SSSR count). The third-order valence-corrected chi connectivity index (χ3v) is 5.36. The number of fused-ring (bicyclic) bond motifs is 1. The molecule has 1 N–H and O–H groups in total. The Hall–Kier alpha value is -1.65. The molecule has 1 aliphatic heterocycles. The highest BCUT2D eigenvalue weighted by Crippen LogP contribution is 2.34. The van der Waals surface area contributed by atoms with Crippen molar-refractivity contribution >= 4 is 17.7 Å². The lowest BCUT2D eigenvalue weighted by Crippen LogP contribution is -2.47. The molecule has 0 bridgehead atoms. The number of allylic oxidation sites excluding steroid dienone is 2. The smallest absolute Gasteiger partial charge is 0.240 e. The maximum absolute atomic E-state index is 12.3. The Bertz CT molecular complexity index is 488. The first-order valence-corrected chi connectivity index (χ1v) is 8.37. The molecule has 0 spiro atoms. The van der Waals surface area contributed by atoms with Gasteiger partial charge in [-0.05, 0) is 31.6 Å². The normalized spacial score (nSPS) is 34.7. The topological polar surface area (TPSA) is 66.5 Å². The minimum atomic E-state index is -0.251. The van der Waals surface area contributed by atoms with Crippen molar-refractivity contribution in [2.75, 3.05) is 6.54 Å². The molecule has 1 saturated heterocycles. The van der Waals surface area contributed by atoms with Crippen LogP contribution in [0.25, 0.3) is 0 Å². The lowest BCUT2D eigenvalue weighted by Gasteiger charge is -2.30. The van der Waals surface area contributed by atoms with Gasteiger partial charge in [0.05, 0.1) is 11.8 Å². The quantitative estimate of drug-likeness (QED) is 0.636. The molecule has 2 fully saturated rings. The van der Waals surface area contributed by atoms with Crippen molar-refractivity contribution in [1.82, 2.24) is 10.2 Å². The average Bonchev–Trinajstić information content (AvgIpc) is 2.75. The average molecular weight is 304 g/mol. The number of amides is 3. The molecule has 1 heterocycles. The largest absolute Gasteiger partial charge is 0.352 e. The second-order valence-corrected chi connectivity index (χ2v) is 6.85.